The first kappa shape index (κ1) is 14.4. The minimum Gasteiger partial charge on any atom is -0.267 e. The molecule has 1 aliphatic carbocycles. The van der Waals surface area contributed by atoms with E-state index < -0.39 is 0 Å². The molecule has 4 nitrogen and oxygen atoms in total. The Kier molecular flexibility index (Phi) is 4.00. The molecule has 2 aromatic rings. The standard InChI is InChI=1S/C18H19N3O/c1-12-10-15-4-3-5-17(16(15)11-13(12)2)20-21-18(22)14-6-8-19-9-7-14/h6-11H,3-5H2,1-2H3,(H,21,22)/b20-17-. The number of carbonyl (C=O) groups is 1. The molecule has 1 aromatic heterocycles. The third-order valence-electron chi connectivity index (χ3n) is 4.13. The van der Waals surface area contributed by atoms with Gasteiger partial charge in [0.05, 0.1) is 5.71 Å². The molecule has 0 radical (unpaired) electrons. The third-order valence-corrected chi connectivity index (χ3v) is 4.13. The van der Waals surface area contributed by atoms with Crippen molar-refractivity contribution < 1.29 is 4.79 Å². The Balaban J connectivity index is 1.85. The lowest BCUT2D eigenvalue weighted by Gasteiger charge is -2.19. The Morgan fingerprint density at radius 1 is 1.14 bits per heavy atom. The maximum absolute atomic E-state index is 12.1. The van der Waals surface area contributed by atoms with Crippen LogP contribution >= 0.6 is 0 Å². The zero-order chi connectivity index (χ0) is 15.5. The minimum atomic E-state index is -0.203. The van der Waals surface area contributed by atoms with Crippen molar-refractivity contribution in [2.45, 2.75) is 33.1 Å². The van der Waals surface area contributed by atoms with Crippen LogP contribution in [0, 0.1) is 13.8 Å². The van der Waals surface area contributed by atoms with E-state index in [0.717, 1.165) is 25.0 Å². The zero-order valence-electron chi connectivity index (χ0n) is 12.9. The number of fused-ring (bicyclic) bond motifs is 1. The number of hydrazone groups is 1. The first-order valence-electron chi connectivity index (χ1n) is 7.52. The van der Waals surface area contributed by atoms with Crippen molar-refractivity contribution in [2.24, 2.45) is 5.10 Å². The van der Waals surface area contributed by atoms with E-state index in [1.807, 2.05) is 0 Å². The summed E-state index contributed by atoms with van der Waals surface area (Å²) in [5, 5.41) is 4.37. The van der Waals surface area contributed by atoms with Gasteiger partial charge in [-0.3, -0.25) is 9.78 Å². The van der Waals surface area contributed by atoms with Gasteiger partial charge in [0.15, 0.2) is 0 Å². The summed E-state index contributed by atoms with van der Waals surface area (Å²) in [6.45, 7) is 4.24. The molecule has 112 valence electrons. The molecule has 1 amide bonds. The van der Waals surface area contributed by atoms with Gasteiger partial charge >= 0.3 is 0 Å². The second-order valence-corrected chi connectivity index (χ2v) is 5.68. The second-order valence-electron chi connectivity index (χ2n) is 5.68. The number of nitrogens with one attached hydrogen (secondary N) is 1. The smallest absolute Gasteiger partial charge is 0.267 e. The van der Waals surface area contributed by atoms with E-state index in [1.165, 1.54) is 22.3 Å². The van der Waals surface area contributed by atoms with Gasteiger partial charge in [-0.1, -0.05) is 6.07 Å². The normalized spacial score (nSPS) is 15.5. The van der Waals surface area contributed by atoms with Crippen LogP contribution in [0.5, 0.6) is 0 Å². The number of aryl methyl sites for hydroxylation is 3. The van der Waals surface area contributed by atoms with Crippen molar-refractivity contribution >= 4 is 11.6 Å². The van der Waals surface area contributed by atoms with Crippen LogP contribution < -0.4 is 5.43 Å². The van der Waals surface area contributed by atoms with Crippen molar-refractivity contribution in [1.29, 1.82) is 0 Å². The van der Waals surface area contributed by atoms with E-state index in [4.69, 9.17) is 0 Å². The van der Waals surface area contributed by atoms with Crippen LogP contribution in [0.15, 0.2) is 41.8 Å². The highest BCUT2D eigenvalue weighted by molar-refractivity contribution is 6.04. The Morgan fingerprint density at radius 2 is 1.86 bits per heavy atom. The number of rotatable bonds is 2. The summed E-state index contributed by atoms with van der Waals surface area (Å²) < 4.78 is 0. The number of pyridine rings is 1. The molecule has 0 atom stereocenters. The fourth-order valence-corrected chi connectivity index (χ4v) is 2.73. The van der Waals surface area contributed by atoms with Crippen LogP contribution in [-0.2, 0) is 6.42 Å². The Hall–Kier alpha value is -2.49. The highest BCUT2D eigenvalue weighted by atomic mass is 16.2. The van der Waals surface area contributed by atoms with Gasteiger partial charge in [0.2, 0.25) is 0 Å². The zero-order valence-corrected chi connectivity index (χ0v) is 12.9. The molecule has 0 unspecified atom stereocenters. The Bertz CT molecular complexity index is 735. The monoisotopic (exact) mass is 293 g/mol. The number of amides is 1. The molecule has 4 heteroatoms. The van der Waals surface area contributed by atoms with Gasteiger partial charge in [-0.25, -0.2) is 5.43 Å². The molecule has 0 bridgehead atoms. The first-order chi connectivity index (χ1) is 10.6. The summed E-state index contributed by atoms with van der Waals surface area (Å²) in [7, 11) is 0. The second kappa shape index (κ2) is 6.10. The van der Waals surface area contributed by atoms with Crippen molar-refractivity contribution in [2.75, 3.05) is 0 Å². The largest absolute Gasteiger partial charge is 0.271 e. The molecule has 1 N–H and O–H groups in total. The molecule has 0 spiro atoms. The Labute approximate surface area is 130 Å². The molecule has 1 aromatic carbocycles. The van der Waals surface area contributed by atoms with Gasteiger partial charge in [-0.2, -0.15) is 5.10 Å². The van der Waals surface area contributed by atoms with Gasteiger partial charge in [-0.15, -0.1) is 0 Å². The molecule has 0 saturated heterocycles. The lowest BCUT2D eigenvalue weighted by atomic mass is 9.87. The molecule has 0 saturated carbocycles. The van der Waals surface area contributed by atoms with E-state index in [2.05, 4.69) is 41.5 Å². The third kappa shape index (κ3) is 2.91. The highest BCUT2D eigenvalue weighted by Gasteiger charge is 2.17. The van der Waals surface area contributed by atoms with Crippen molar-refractivity contribution in [1.82, 2.24) is 10.4 Å². The van der Waals surface area contributed by atoms with E-state index in [1.54, 1.807) is 24.5 Å². The van der Waals surface area contributed by atoms with Gasteiger partial charge in [0.25, 0.3) is 5.91 Å². The van der Waals surface area contributed by atoms with E-state index in [0.29, 0.717) is 5.56 Å². The lowest BCUT2D eigenvalue weighted by molar-refractivity contribution is 0.0954. The van der Waals surface area contributed by atoms with Crippen LogP contribution in [0.1, 0.15) is 45.5 Å². The minimum absolute atomic E-state index is 0.203. The molecule has 0 aliphatic heterocycles. The maximum Gasteiger partial charge on any atom is 0.271 e. The predicted octanol–water partition coefficient (Wildman–Crippen LogP) is 3.17. The van der Waals surface area contributed by atoms with E-state index >= 15 is 0 Å². The fourth-order valence-electron chi connectivity index (χ4n) is 2.73. The summed E-state index contributed by atoms with van der Waals surface area (Å²) in [4.78, 5) is 16.0. The quantitative estimate of drug-likeness (QED) is 0.865. The van der Waals surface area contributed by atoms with Crippen LogP contribution in [0.4, 0.5) is 0 Å². The van der Waals surface area contributed by atoms with Gasteiger partial charge in [0, 0.05) is 23.5 Å². The number of hydrogen-bond donors (Lipinski definition) is 1. The summed E-state index contributed by atoms with van der Waals surface area (Å²) in [6.07, 6.45) is 6.24. The summed E-state index contributed by atoms with van der Waals surface area (Å²) in [6, 6.07) is 7.78. The number of benzene rings is 1. The molecular formula is C18H19N3O. The average Bonchev–Trinajstić information content (AvgIpc) is 2.54. The number of carbonyl (C=O) groups excluding carboxylic acids is 1. The average molecular weight is 293 g/mol. The van der Waals surface area contributed by atoms with Gasteiger partial charge in [-0.05, 0) is 68.0 Å². The maximum atomic E-state index is 12.1. The summed E-state index contributed by atoms with van der Waals surface area (Å²) >= 11 is 0. The summed E-state index contributed by atoms with van der Waals surface area (Å²) in [5.74, 6) is -0.203. The SMILES string of the molecule is Cc1cc2c(cc1C)/C(=N\NC(=O)c1ccncc1)CCC2. The van der Waals surface area contributed by atoms with Crippen molar-refractivity contribution in [3.05, 3.63) is 64.5 Å². The lowest BCUT2D eigenvalue weighted by Crippen LogP contribution is -2.22. The number of nitrogens with zero attached hydrogens (tertiary/aromatic N) is 2. The molecule has 1 heterocycles. The van der Waals surface area contributed by atoms with Crippen LogP contribution in [-0.4, -0.2) is 16.6 Å². The van der Waals surface area contributed by atoms with E-state index in [-0.39, 0.29) is 5.91 Å². The van der Waals surface area contributed by atoms with Crippen LogP contribution in [0.3, 0.4) is 0 Å². The van der Waals surface area contributed by atoms with Crippen LogP contribution in [0.25, 0.3) is 0 Å². The Morgan fingerprint density at radius 3 is 2.64 bits per heavy atom. The van der Waals surface area contributed by atoms with Crippen molar-refractivity contribution in [3.8, 4) is 0 Å². The molecular weight excluding hydrogens is 274 g/mol. The van der Waals surface area contributed by atoms with Gasteiger partial charge in [0.1, 0.15) is 0 Å². The number of hydrogen-bond acceptors (Lipinski definition) is 3. The number of aromatic nitrogens is 1. The van der Waals surface area contributed by atoms with Gasteiger partial charge < -0.3 is 0 Å². The predicted molar refractivity (Wildman–Crippen MR) is 87.1 cm³/mol. The molecule has 1 aliphatic rings. The molecule has 22 heavy (non-hydrogen) atoms. The highest BCUT2D eigenvalue weighted by Crippen LogP contribution is 2.24. The summed E-state index contributed by atoms with van der Waals surface area (Å²) in [5.41, 5.74) is 9.26. The van der Waals surface area contributed by atoms with Crippen LogP contribution in [0.2, 0.25) is 0 Å². The van der Waals surface area contributed by atoms with E-state index in [9.17, 15) is 4.79 Å². The molecule has 0 fully saturated rings. The fraction of sp³-hybridized carbons (Fsp3) is 0.278. The van der Waals surface area contributed by atoms with Crippen molar-refractivity contribution in [3.63, 3.8) is 0 Å². The first-order valence-corrected chi connectivity index (χ1v) is 7.52. The molecule has 3 rings (SSSR count). The topological polar surface area (TPSA) is 54.4 Å².